The third kappa shape index (κ3) is 1.39. The summed E-state index contributed by atoms with van der Waals surface area (Å²) in [6.45, 7) is 0.397. The van der Waals surface area contributed by atoms with Gasteiger partial charge in [-0.05, 0) is 12.1 Å². The molecule has 1 aliphatic rings. The van der Waals surface area contributed by atoms with Gasteiger partial charge in [0.05, 0.1) is 11.2 Å². The summed E-state index contributed by atoms with van der Waals surface area (Å²) < 4.78 is 1.69. The molecule has 1 aliphatic heterocycles. The second kappa shape index (κ2) is 3.35. The Morgan fingerprint density at radius 2 is 2.24 bits per heavy atom. The first-order valence-electron chi connectivity index (χ1n) is 5.32. The minimum Gasteiger partial charge on any atom is -0.477 e. The van der Waals surface area contributed by atoms with E-state index in [4.69, 9.17) is 5.11 Å². The SMILES string of the molecule is O=C1CCn2c(C(=O)O)cc3cccc(c32)N1. The molecule has 0 atom stereocenters. The Morgan fingerprint density at radius 3 is 3.00 bits per heavy atom. The maximum absolute atomic E-state index is 11.5. The summed E-state index contributed by atoms with van der Waals surface area (Å²) in [4.78, 5) is 22.7. The second-order valence-corrected chi connectivity index (χ2v) is 4.03. The summed E-state index contributed by atoms with van der Waals surface area (Å²) in [7, 11) is 0. The van der Waals surface area contributed by atoms with Gasteiger partial charge in [-0.25, -0.2) is 4.79 Å². The van der Waals surface area contributed by atoms with E-state index in [0.29, 0.717) is 18.7 Å². The molecular weight excluding hydrogens is 220 g/mol. The molecule has 2 N–H and O–H groups in total. The zero-order valence-electron chi connectivity index (χ0n) is 8.93. The third-order valence-corrected chi connectivity index (χ3v) is 2.98. The normalized spacial score (nSPS) is 14.5. The van der Waals surface area contributed by atoms with E-state index in [-0.39, 0.29) is 11.6 Å². The van der Waals surface area contributed by atoms with Crippen molar-refractivity contribution >= 4 is 28.5 Å². The molecular formula is C12H10N2O3. The highest BCUT2D eigenvalue weighted by atomic mass is 16.4. The van der Waals surface area contributed by atoms with E-state index >= 15 is 0 Å². The van der Waals surface area contributed by atoms with Gasteiger partial charge in [0.1, 0.15) is 5.69 Å². The van der Waals surface area contributed by atoms with Crippen LogP contribution in [0.25, 0.3) is 10.9 Å². The molecule has 1 amide bonds. The number of nitrogens with one attached hydrogen (secondary N) is 1. The highest BCUT2D eigenvalue weighted by Crippen LogP contribution is 2.29. The van der Waals surface area contributed by atoms with Gasteiger partial charge in [0.2, 0.25) is 5.91 Å². The van der Waals surface area contributed by atoms with E-state index in [1.807, 2.05) is 6.07 Å². The molecule has 0 radical (unpaired) electrons. The zero-order chi connectivity index (χ0) is 12.0. The molecule has 1 aromatic heterocycles. The molecule has 5 heteroatoms. The summed E-state index contributed by atoms with van der Waals surface area (Å²) in [5.74, 6) is -1.06. The number of amides is 1. The monoisotopic (exact) mass is 230 g/mol. The number of hydrogen-bond acceptors (Lipinski definition) is 2. The molecule has 0 saturated carbocycles. The van der Waals surface area contributed by atoms with Crippen LogP contribution >= 0.6 is 0 Å². The Balaban J connectivity index is 2.37. The number of aromatic nitrogens is 1. The predicted molar refractivity (Wildman–Crippen MR) is 62.1 cm³/mol. The average molecular weight is 230 g/mol. The van der Waals surface area contributed by atoms with E-state index in [1.165, 1.54) is 0 Å². The fourth-order valence-corrected chi connectivity index (χ4v) is 2.26. The molecule has 0 unspecified atom stereocenters. The number of hydrogen-bond donors (Lipinski definition) is 2. The first-order valence-corrected chi connectivity index (χ1v) is 5.32. The van der Waals surface area contributed by atoms with Crippen LogP contribution in [-0.4, -0.2) is 21.6 Å². The van der Waals surface area contributed by atoms with Crippen molar-refractivity contribution in [2.24, 2.45) is 0 Å². The number of carbonyl (C=O) groups is 2. The Kier molecular flexibility index (Phi) is 1.95. The highest BCUT2D eigenvalue weighted by molar-refractivity contribution is 6.05. The summed E-state index contributed by atoms with van der Waals surface area (Å²) in [6, 6.07) is 7.07. The minimum atomic E-state index is -0.971. The van der Waals surface area contributed by atoms with Crippen molar-refractivity contribution in [3.8, 4) is 0 Å². The molecule has 0 bridgehead atoms. The van der Waals surface area contributed by atoms with Crippen LogP contribution in [-0.2, 0) is 11.3 Å². The molecule has 1 aromatic carbocycles. The van der Waals surface area contributed by atoms with Crippen molar-refractivity contribution < 1.29 is 14.7 Å². The van der Waals surface area contributed by atoms with Crippen LogP contribution in [0.3, 0.4) is 0 Å². The molecule has 0 saturated heterocycles. The Labute approximate surface area is 96.7 Å². The number of carboxylic acids is 1. The smallest absolute Gasteiger partial charge is 0.352 e. The van der Waals surface area contributed by atoms with Crippen LogP contribution in [0.4, 0.5) is 5.69 Å². The number of benzene rings is 1. The summed E-state index contributed by atoms with van der Waals surface area (Å²) in [5, 5.41) is 12.8. The van der Waals surface area contributed by atoms with Gasteiger partial charge in [0, 0.05) is 18.4 Å². The Bertz CT molecular complexity index is 642. The van der Waals surface area contributed by atoms with Gasteiger partial charge in [-0.2, -0.15) is 0 Å². The Morgan fingerprint density at radius 1 is 1.41 bits per heavy atom. The molecule has 0 spiro atoms. The van der Waals surface area contributed by atoms with Crippen molar-refractivity contribution in [2.45, 2.75) is 13.0 Å². The van der Waals surface area contributed by atoms with Crippen LogP contribution in [0.15, 0.2) is 24.3 Å². The number of para-hydroxylation sites is 1. The summed E-state index contributed by atoms with van der Waals surface area (Å²) >= 11 is 0. The van der Waals surface area contributed by atoms with Gasteiger partial charge in [0.25, 0.3) is 0 Å². The number of aryl methyl sites for hydroxylation is 1. The van der Waals surface area contributed by atoms with E-state index in [0.717, 1.165) is 10.9 Å². The molecule has 2 aromatic rings. The quantitative estimate of drug-likeness (QED) is 0.782. The molecule has 3 rings (SSSR count). The second-order valence-electron chi connectivity index (χ2n) is 4.03. The van der Waals surface area contributed by atoms with Crippen LogP contribution in [0.2, 0.25) is 0 Å². The number of aromatic carboxylic acids is 1. The van der Waals surface area contributed by atoms with Crippen molar-refractivity contribution in [1.82, 2.24) is 4.57 Å². The van der Waals surface area contributed by atoms with Crippen LogP contribution < -0.4 is 5.32 Å². The zero-order valence-corrected chi connectivity index (χ0v) is 8.93. The highest BCUT2D eigenvalue weighted by Gasteiger charge is 2.20. The third-order valence-electron chi connectivity index (χ3n) is 2.98. The topological polar surface area (TPSA) is 71.3 Å². The molecule has 86 valence electrons. The number of anilines is 1. The number of carboxylic acid groups (broad SMARTS) is 1. The predicted octanol–water partition coefficient (Wildman–Crippen LogP) is 1.68. The average Bonchev–Trinajstić information content (AvgIpc) is 2.57. The fourth-order valence-electron chi connectivity index (χ4n) is 2.26. The van der Waals surface area contributed by atoms with Gasteiger partial charge >= 0.3 is 5.97 Å². The summed E-state index contributed by atoms with van der Waals surface area (Å²) in [5.41, 5.74) is 1.69. The lowest BCUT2D eigenvalue weighted by molar-refractivity contribution is -0.116. The van der Waals surface area contributed by atoms with Crippen molar-refractivity contribution in [3.05, 3.63) is 30.0 Å². The lowest BCUT2D eigenvalue weighted by Crippen LogP contribution is -2.12. The molecule has 0 aliphatic carbocycles. The van der Waals surface area contributed by atoms with Gasteiger partial charge in [0.15, 0.2) is 0 Å². The van der Waals surface area contributed by atoms with Gasteiger partial charge < -0.3 is 15.0 Å². The van der Waals surface area contributed by atoms with Crippen LogP contribution in [0.1, 0.15) is 16.9 Å². The minimum absolute atomic E-state index is 0.0856. The first kappa shape index (κ1) is 9.89. The Hall–Kier alpha value is -2.30. The lowest BCUT2D eigenvalue weighted by Gasteiger charge is -2.05. The number of carbonyl (C=O) groups excluding carboxylic acids is 1. The van der Waals surface area contributed by atoms with Gasteiger partial charge in [-0.1, -0.05) is 12.1 Å². The number of rotatable bonds is 1. The molecule has 5 nitrogen and oxygen atoms in total. The van der Waals surface area contributed by atoms with Crippen molar-refractivity contribution in [3.63, 3.8) is 0 Å². The van der Waals surface area contributed by atoms with Gasteiger partial charge in [-0.3, -0.25) is 4.79 Å². The van der Waals surface area contributed by atoms with E-state index in [1.54, 1.807) is 22.8 Å². The summed E-state index contributed by atoms with van der Waals surface area (Å²) in [6.07, 6.45) is 0.290. The van der Waals surface area contributed by atoms with Crippen LogP contribution in [0, 0.1) is 0 Å². The van der Waals surface area contributed by atoms with Crippen LogP contribution in [0.5, 0.6) is 0 Å². The molecule has 17 heavy (non-hydrogen) atoms. The van der Waals surface area contributed by atoms with Crippen molar-refractivity contribution in [1.29, 1.82) is 0 Å². The van der Waals surface area contributed by atoms with Crippen molar-refractivity contribution in [2.75, 3.05) is 5.32 Å². The molecule has 2 heterocycles. The lowest BCUT2D eigenvalue weighted by atomic mass is 10.2. The molecule has 0 fully saturated rings. The standard InChI is InChI=1S/C12H10N2O3/c15-10-4-5-14-9(12(16)17)6-7-2-1-3-8(13-10)11(7)14/h1-3,6H,4-5H2,(H,13,15)(H,16,17). The van der Waals surface area contributed by atoms with Gasteiger partial charge in [-0.15, -0.1) is 0 Å². The largest absolute Gasteiger partial charge is 0.477 e. The van der Waals surface area contributed by atoms with E-state index < -0.39 is 5.97 Å². The maximum Gasteiger partial charge on any atom is 0.352 e. The first-order chi connectivity index (χ1) is 8.16. The maximum atomic E-state index is 11.5. The number of nitrogens with zero attached hydrogens (tertiary/aromatic N) is 1. The van der Waals surface area contributed by atoms with E-state index in [2.05, 4.69) is 5.32 Å². The fraction of sp³-hybridized carbons (Fsp3) is 0.167. The van der Waals surface area contributed by atoms with E-state index in [9.17, 15) is 9.59 Å².